The molecule has 1 atom stereocenters. The van der Waals surface area contributed by atoms with E-state index < -0.39 is 0 Å². The van der Waals surface area contributed by atoms with Crippen LogP contribution in [0.3, 0.4) is 0 Å². The fourth-order valence-corrected chi connectivity index (χ4v) is 2.85. The van der Waals surface area contributed by atoms with Gasteiger partial charge in [-0.2, -0.15) is 0 Å². The van der Waals surface area contributed by atoms with Crippen molar-refractivity contribution in [1.82, 2.24) is 5.32 Å². The summed E-state index contributed by atoms with van der Waals surface area (Å²) in [6, 6.07) is 10.9. The Morgan fingerprint density at radius 3 is 2.57 bits per heavy atom. The van der Waals surface area contributed by atoms with E-state index in [1.807, 2.05) is 31.2 Å². The average molecular weight is 371 g/mol. The Bertz CT molecular complexity index is 610. The van der Waals surface area contributed by atoms with E-state index in [1.165, 1.54) is 6.07 Å². The van der Waals surface area contributed by atoms with Gasteiger partial charge in [0.2, 0.25) is 0 Å². The molecule has 2 rings (SSSR count). The van der Waals surface area contributed by atoms with Crippen LogP contribution in [-0.4, -0.2) is 6.54 Å². The summed E-state index contributed by atoms with van der Waals surface area (Å²) in [5.41, 5.74) is 2.90. The smallest absolute Gasteiger partial charge is 0.123 e. The molecule has 0 aliphatic rings. The van der Waals surface area contributed by atoms with Crippen molar-refractivity contribution in [2.75, 3.05) is 6.54 Å². The summed E-state index contributed by atoms with van der Waals surface area (Å²) in [5.74, 6) is -0.207. The van der Waals surface area contributed by atoms with Crippen molar-refractivity contribution >= 4 is 27.5 Å². The molecule has 0 aliphatic carbocycles. The maximum atomic E-state index is 13.7. The molecule has 0 saturated heterocycles. The first-order chi connectivity index (χ1) is 10.0. The molecule has 1 unspecified atom stereocenters. The fraction of sp³-hybridized carbons (Fsp3) is 0.294. The zero-order chi connectivity index (χ0) is 15.4. The predicted octanol–water partition coefficient (Wildman–Crippen LogP) is 5.64. The van der Waals surface area contributed by atoms with Gasteiger partial charge in [0.05, 0.1) is 11.1 Å². The Kier molecular flexibility index (Phi) is 5.80. The lowest BCUT2D eigenvalue weighted by atomic mass is 9.97. The number of aryl methyl sites for hydroxylation is 1. The zero-order valence-corrected chi connectivity index (χ0v) is 14.4. The normalized spacial score (nSPS) is 12.4. The molecular formula is C17H18BrClFN. The molecule has 0 saturated carbocycles. The van der Waals surface area contributed by atoms with Crippen molar-refractivity contribution in [2.24, 2.45) is 0 Å². The van der Waals surface area contributed by atoms with Crippen LogP contribution in [0.2, 0.25) is 5.02 Å². The number of hydrogen-bond acceptors (Lipinski definition) is 1. The quantitative estimate of drug-likeness (QED) is 0.718. The van der Waals surface area contributed by atoms with Gasteiger partial charge < -0.3 is 5.32 Å². The van der Waals surface area contributed by atoms with Crippen LogP contribution < -0.4 is 5.32 Å². The molecule has 0 bridgehead atoms. The molecule has 21 heavy (non-hydrogen) atoms. The molecule has 4 heteroatoms. The molecule has 2 aromatic carbocycles. The van der Waals surface area contributed by atoms with Gasteiger partial charge in [0.1, 0.15) is 5.82 Å². The maximum absolute atomic E-state index is 13.7. The van der Waals surface area contributed by atoms with Gasteiger partial charge >= 0.3 is 0 Å². The third kappa shape index (κ3) is 4.29. The van der Waals surface area contributed by atoms with E-state index in [0.717, 1.165) is 34.1 Å². The van der Waals surface area contributed by atoms with Gasteiger partial charge in [0, 0.05) is 4.47 Å². The van der Waals surface area contributed by atoms with Crippen LogP contribution in [0.25, 0.3) is 0 Å². The lowest BCUT2D eigenvalue weighted by molar-refractivity contribution is 0.584. The first kappa shape index (κ1) is 16.5. The standard InChI is InChI=1S/C17H18BrClFN/c1-3-6-21-17(12-4-5-16(19)15(18)10-12)13-7-11(2)8-14(20)9-13/h4-5,7-10,17,21H,3,6H2,1-2H3. The van der Waals surface area contributed by atoms with Gasteiger partial charge in [0.25, 0.3) is 0 Å². The largest absolute Gasteiger partial charge is 0.306 e. The molecule has 0 aromatic heterocycles. The van der Waals surface area contributed by atoms with E-state index in [0.29, 0.717) is 5.02 Å². The van der Waals surface area contributed by atoms with Crippen molar-refractivity contribution in [2.45, 2.75) is 26.3 Å². The van der Waals surface area contributed by atoms with Crippen LogP contribution in [0.5, 0.6) is 0 Å². The molecule has 0 amide bonds. The molecule has 1 N–H and O–H groups in total. The SMILES string of the molecule is CCCNC(c1cc(C)cc(F)c1)c1ccc(Cl)c(Br)c1. The third-order valence-corrected chi connectivity index (χ3v) is 4.49. The van der Waals surface area contributed by atoms with Crippen LogP contribution >= 0.6 is 27.5 Å². The Balaban J connectivity index is 2.43. The summed E-state index contributed by atoms with van der Waals surface area (Å²) in [6.45, 7) is 4.88. The second-order valence-corrected chi connectivity index (χ2v) is 6.38. The Hall–Kier alpha value is -0.900. The molecule has 0 fully saturated rings. The van der Waals surface area contributed by atoms with Crippen LogP contribution in [-0.2, 0) is 0 Å². The van der Waals surface area contributed by atoms with Gasteiger partial charge in [-0.25, -0.2) is 4.39 Å². The summed E-state index contributed by atoms with van der Waals surface area (Å²) in [7, 11) is 0. The summed E-state index contributed by atoms with van der Waals surface area (Å²) in [6.07, 6.45) is 1.01. The summed E-state index contributed by atoms with van der Waals surface area (Å²) in [4.78, 5) is 0. The van der Waals surface area contributed by atoms with Crippen molar-refractivity contribution in [1.29, 1.82) is 0 Å². The highest BCUT2D eigenvalue weighted by molar-refractivity contribution is 9.10. The van der Waals surface area contributed by atoms with E-state index in [1.54, 1.807) is 6.07 Å². The van der Waals surface area contributed by atoms with Crippen LogP contribution in [0.15, 0.2) is 40.9 Å². The van der Waals surface area contributed by atoms with Crippen molar-refractivity contribution in [3.8, 4) is 0 Å². The van der Waals surface area contributed by atoms with E-state index in [4.69, 9.17) is 11.6 Å². The molecular weight excluding hydrogens is 353 g/mol. The third-order valence-electron chi connectivity index (χ3n) is 3.27. The van der Waals surface area contributed by atoms with Crippen molar-refractivity contribution < 1.29 is 4.39 Å². The van der Waals surface area contributed by atoms with E-state index >= 15 is 0 Å². The predicted molar refractivity (Wildman–Crippen MR) is 90.4 cm³/mol. The molecule has 0 heterocycles. The van der Waals surface area contributed by atoms with Crippen LogP contribution in [0.4, 0.5) is 4.39 Å². The first-order valence-electron chi connectivity index (χ1n) is 6.96. The van der Waals surface area contributed by atoms with Gasteiger partial charge in [-0.15, -0.1) is 0 Å². The highest BCUT2D eigenvalue weighted by atomic mass is 79.9. The number of halogens is 3. The second kappa shape index (κ2) is 7.39. The van der Waals surface area contributed by atoms with Gasteiger partial charge in [0.15, 0.2) is 0 Å². The summed E-state index contributed by atoms with van der Waals surface area (Å²) in [5, 5.41) is 4.14. The molecule has 0 radical (unpaired) electrons. The minimum atomic E-state index is -0.207. The molecule has 0 aliphatic heterocycles. The molecule has 112 valence electrons. The highest BCUT2D eigenvalue weighted by Crippen LogP contribution is 2.30. The van der Waals surface area contributed by atoms with E-state index in [2.05, 4.69) is 28.2 Å². The summed E-state index contributed by atoms with van der Waals surface area (Å²) >= 11 is 9.51. The first-order valence-corrected chi connectivity index (χ1v) is 8.13. The minimum absolute atomic E-state index is 0.0482. The zero-order valence-electron chi connectivity index (χ0n) is 12.1. The maximum Gasteiger partial charge on any atom is 0.123 e. The number of hydrogen-bond donors (Lipinski definition) is 1. The highest BCUT2D eigenvalue weighted by Gasteiger charge is 2.15. The number of benzene rings is 2. The lowest BCUT2D eigenvalue weighted by Gasteiger charge is -2.21. The van der Waals surface area contributed by atoms with Gasteiger partial charge in [-0.1, -0.05) is 30.7 Å². The van der Waals surface area contributed by atoms with Crippen molar-refractivity contribution in [3.63, 3.8) is 0 Å². The topological polar surface area (TPSA) is 12.0 Å². The average Bonchev–Trinajstić information content (AvgIpc) is 2.42. The Morgan fingerprint density at radius 1 is 1.19 bits per heavy atom. The molecule has 0 spiro atoms. The lowest BCUT2D eigenvalue weighted by Crippen LogP contribution is -2.23. The van der Waals surface area contributed by atoms with Crippen LogP contribution in [0.1, 0.15) is 36.1 Å². The Labute approximate surface area is 138 Å². The van der Waals surface area contributed by atoms with Gasteiger partial charge in [-0.05, 0) is 76.8 Å². The molecule has 2 aromatic rings. The summed E-state index contributed by atoms with van der Waals surface area (Å²) < 4.78 is 14.6. The van der Waals surface area contributed by atoms with Crippen LogP contribution in [0, 0.1) is 12.7 Å². The number of rotatable bonds is 5. The Morgan fingerprint density at radius 2 is 1.95 bits per heavy atom. The molecule has 1 nitrogen and oxygen atoms in total. The number of nitrogens with one attached hydrogen (secondary N) is 1. The van der Waals surface area contributed by atoms with E-state index in [9.17, 15) is 4.39 Å². The fourth-order valence-electron chi connectivity index (χ4n) is 2.34. The van der Waals surface area contributed by atoms with Crippen molar-refractivity contribution in [3.05, 3.63) is 68.4 Å². The monoisotopic (exact) mass is 369 g/mol. The second-order valence-electron chi connectivity index (χ2n) is 5.12. The van der Waals surface area contributed by atoms with Gasteiger partial charge in [-0.3, -0.25) is 0 Å². The van der Waals surface area contributed by atoms with E-state index in [-0.39, 0.29) is 11.9 Å². The minimum Gasteiger partial charge on any atom is -0.306 e.